The van der Waals surface area contributed by atoms with Crippen LogP contribution < -0.4 is 0 Å². The van der Waals surface area contributed by atoms with E-state index in [1.165, 1.54) is 17.5 Å². The van der Waals surface area contributed by atoms with Crippen molar-refractivity contribution in [1.29, 1.82) is 0 Å². The van der Waals surface area contributed by atoms with Crippen molar-refractivity contribution in [3.05, 3.63) is 52.5 Å². The van der Waals surface area contributed by atoms with Crippen LogP contribution in [0.2, 0.25) is 0 Å². The predicted octanol–water partition coefficient (Wildman–Crippen LogP) is 2.03. The Kier molecular flexibility index (Phi) is 7.49. The Morgan fingerprint density at radius 3 is 2.62 bits per heavy atom. The molecule has 2 saturated heterocycles. The highest BCUT2D eigenvalue weighted by Gasteiger charge is 2.32. The number of likely N-dealkylation sites (tertiary alicyclic amines) is 1. The Hall–Kier alpha value is -2.78. The van der Waals surface area contributed by atoms with Gasteiger partial charge in [-0.1, -0.05) is 30.3 Å². The van der Waals surface area contributed by atoms with E-state index in [4.69, 9.17) is 4.74 Å². The van der Waals surface area contributed by atoms with Gasteiger partial charge in [-0.25, -0.2) is 0 Å². The lowest BCUT2D eigenvalue weighted by Gasteiger charge is -2.25. The van der Waals surface area contributed by atoms with Crippen LogP contribution in [-0.4, -0.2) is 82.8 Å². The van der Waals surface area contributed by atoms with Gasteiger partial charge in [-0.3, -0.25) is 19.4 Å². The Bertz CT molecular complexity index is 921. The van der Waals surface area contributed by atoms with Crippen LogP contribution in [0.4, 0.5) is 0 Å². The fourth-order valence-electron chi connectivity index (χ4n) is 4.11. The number of nitrogens with zero attached hydrogens (tertiary/aromatic N) is 4. The number of carbonyl (C=O) groups excluding carboxylic acids is 3. The summed E-state index contributed by atoms with van der Waals surface area (Å²) < 4.78 is 6.16. The molecule has 0 aliphatic carbocycles. The molecule has 0 radical (unpaired) electrons. The SMILES string of the molecule is O=C1CCCN1CCCN1CC(OCc2ccccc2)CN(C(=O)c2cncs2)CC1=O. The summed E-state index contributed by atoms with van der Waals surface area (Å²) in [6.07, 6.45) is 3.48. The van der Waals surface area contributed by atoms with E-state index in [0.717, 1.165) is 18.5 Å². The summed E-state index contributed by atoms with van der Waals surface area (Å²) in [4.78, 5) is 47.5. The van der Waals surface area contributed by atoms with Crippen LogP contribution in [-0.2, 0) is 20.9 Å². The standard InChI is InChI=1S/C23H28N4O4S/c28-21-8-4-9-25(21)10-5-11-26-13-19(31-16-18-6-2-1-3-7-18)14-27(15-22(26)29)23(30)20-12-24-17-32-20/h1-3,6-7,12,17,19H,4-5,8-11,13-16H2. The van der Waals surface area contributed by atoms with Gasteiger partial charge >= 0.3 is 0 Å². The molecule has 0 saturated carbocycles. The molecule has 0 N–H and O–H groups in total. The lowest BCUT2D eigenvalue weighted by atomic mass is 10.2. The Labute approximate surface area is 191 Å². The molecule has 0 bridgehead atoms. The van der Waals surface area contributed by atoms with E-state index in [1.807, 2.05) is 35.2 Å². The van der Waals surface area contributed by atoms with Crippen molar-refractivity contribution < 1.29 is 19.1 Å². The maximum absolute atomic E-state index is 13.0. The van der Waals surface area contributed by atoms with Gasteiger partial charge in [0.15, 0.2) is 0 Å². The van der Waals surface area contributed by atoms with Gasteiger partial charge in [0.2, 0.25) is 11.8 Å². The fraction of sp³-hybridized carbons (Fsp3) is 0.478. The van der Waals surface area contributed by atoms with Crippen molar-refractivity contribution in [3.63, 3.8) is 0 Å². The molecule has 4 rings (SSSR count). The highest BCUT2D eigenvalue weighted by atomic mass is 32.1. The van der Waals surface area contributed by atoms with Crippen LogP contribution in [0.15, 0.2) is 42.0 Å². The smallest absolute Gasteiger partial charge is 0.266 e. The second-order valence-corrected chi connectivity index (χ2v) is 9.03. The first-order chi connectivity index (χ1) is 15.6. The average molecular weight is 457 g/mol. The number of carbonyl (C=O) groups is 3. The van der Waals surface area contributed by atoms with E-state index in [-0.39, 0.29) is 30.4 Å². The quantitative estimate of drug-likeness (QED) is 0.607. The first-order valence-electron chi connectivity index (χ1n) is 11.0. The van der Waals surface area contributed by atoms with E-state index in [1.54, 1.807) is 15.3 Å². The minimum absolute atomic E-state index is 0.0184. The molecular formula is C23H28N4O4S. The predicted molar refractivity (Wildman–Crippen MR) is 120 cm³/mol. The van der Waals surface area contributed by atoms with Crippen LogP contribution in [0.5, 0.6) is 0 Å². The van der Waals surface area contributed by atoms with E-state index in [0.29, 0.717) is 50.5 Å². The molecule has 2 aliphatic rings. The monoisotopic (exact) mass is 456 g/mol. The van der Waals surface area contributed by atoms with E-state index >= 15 is 0 Å². The number of rotatable bonds is 8. The molecule has 2 aliphatic heterocycles. The van der Waals surface area contributed by atoms with Crippen molar-refractivity contribution in [3.8, 4) is 0 Å². The molecule has 1 atom stereocenters. The van der Waals surface area contributed by atoms with Crippen molar-refractivity contribution in [1.82, 2.24) is 19.7 Å². The Morgan fingerprint density at radius 2 is 1.91 bits per heavy atom. The molecule has 9 heteroatoms. The zero-order valence-corrected chi connectivity index (χ0v) is 18.8. The molecular weight excluding hydrogens is 428 g/mol. The van der Waals surface area contributed by atoms with Crippen molar-refractivity contribution >= 4 is 29.1 Å². The normalized spacial score (nSPS) is 19.5. The minimum atomic E-state index is -0.299. The third-order valence-corrected chi connectivity index (χ3v) is 6.57. The fourth-order valence-corrected chi connectivity index (χ4v) is 4.70. The molecule has 8 nitrogen and oxygen atoms in total. The summed E-state index contributed by atoms with van der Waals surface area (Å²) in [6, 6.07) is 9.86. The number of benzene rings is 1. The average Bonchev–Trinajstić information content (AvgIpc) is 3.45. The summed E-state index contributed by atoms with van der Waals surface area (Å²) in [7, 11) is 0. The van der Waals surface area contributed by atoms with Gasteiger partial charge in [-0.05, 0) is 18.4 Å². The second-order valence-electron chi connectivity index (χ2n) is 8.15. The molecule has 0 spiro atoms. The summed E-state index contributed by atoms with van der Waals surface area (Å²) in [5, 5.41) is 0. The van der Waals surface area contributed by atoms with Crippen molar-refractivity contribution in [2.75, 3.05) is 39.3 Å². The third-order valence-electron chi connectivity index (χ3n) is 5.81. The molecule has 1 unspecified atom stereocenters. The number of hydrogen-bond donors (Lipinski definition) is 0. The van der Waals surface area contributed by atoms with E-state index < -0.39 is 0 Å². The van der Waals surface area contributed by atoms with Crippen LogP contribution in [0, 0.1) is 0 Å². The van der Waals surface area contributed by atoms with Gasteiger partial charge in [-0.15, -0.1) is 11.3 Å². The van der Waals surface area contributed by atoms with Gasteiger partial charge in [-0.2, -0.15) is 0 Å². The minimum Gasteiger partial charge on any atom is -0.370 e. The van der Waals surface area contributed by atoms with Gasteiger partial charge in [0.25, 0.3) is 5.91 Å². The Morgan fingerprint density at radius 1 is 1.09 bits per heavy atom. The highest BCUT2D eigenvalue weighted by molar-refractivity contribution is 7.11. The molecule has 1 aromatic carbocycles. The highest BCUT2D eigenvalue weighted by Crippen LogP contribution is 2.17. The molecule has 3 heterocycles. The topological polar surface area (TPSA) is 83.1 Å². The maximum Gasteiger partial charge on any atom is 0.266 e. The maximum atomic E-state index is 13.0. The van der Waals surface area contributed by atoms with Gasteiger partial charge in [0, 0.05) is 39.1 Å². The molecule has 2 fully saturated rings. The lowest BCUT2D eigenvalue weighted by Crippen LogP contribution is -2.40. The Balaban J connectivity index is 1.41. The summed E-state index contributed by atoms with van der Waals surface area (Å²) >= 11 is 1.27. The van der Waals surface area contributed by atoms with E-state index in [2.05, 4.69) is 4.98 Å². The molecule has 3 amide bonds. The van der Waals surface area contributed by atoms with Crippen LogP contribution in [0.25, 0.3) is 0 Å². The molecule has 170 valence electrons. The zero-order valence-electron chi connectivity index (χ0n) is 18.0. The summed E-state index contributed by atoms with van der Waals surface area (Å²) in [5.41, 5.74) is 2.66. The number of amides is 3. The van der Waals surface area contributed by atoms with Crippen LogP contribution in [0.3, 0.4) is 0 Å². The van der Waals surface area contributed by atoms with E-state index in [9.17, 15) is 14.4 Å². The van der Waals surface area contributed by atoms with Gasteiger partial charge in [0.05, 0.1) is 24.4 Å². The second kappa shape index (κ2) is 10.7. The van der Waals surface area contributed by atoms with Crippen LogP contribution >= 0.6 is 11.3 Å². The third kappa shape index (κ3) is 5.72. The zero-order chi connectivity index (χ0) is 22.3. The molecule has 1 aromatic heterocycles. The largest absolute Gasteiger partial charge is 0.370 e. The number of aromatic nitrogens is 1. The molecule has 2 aromatic rings. The summed E-state index contributed by atoms with van der Waals surface area (Å²) in [6.45, 7) is 3.19. The number of ether oxygens (including phenoxy) is 1. The van der Waals surface area contributed by atoms with Gasteiger partial charge in [0.1, 0.15) is 11.4 Å². The van der Waals surface area contributed by atoms with Crippen molar-refractivity contribution in [2.24, 2.45) is 0 Å². The van der Waals surface area contributed by atoms with Gasteiger partial charge < -0.3 is 19.4 Å². The molecule has 32 heavy (non-hydrogen) atoms. The van der Waals surface area contributed by atoms with Crippen molar-refractivity contribution in [2.45, 2.75) is 32.0 Å². The van der Waals surface area contributed by atoms with Crippen LogP contribution in [0.1, 0.15) is 34.5 Å². The number of hydrogen-bond acceptors (Lipinski definition) is 6. The first kappa shape index (κ1) is 22.4. The summed E-state index contributed by atoms with van der Waals surface area (Å²) in [5.74, 6) is -0.0994. The first-order valence-corrected chi connectivity index (χ1v) is 11.9. The number of thiazole rings is 1. The lowest BCUT2D eigenvalue weighted by molar-refractivity contribution is -0.131.